The van der Waals surface area contributed by atoms with Crippen molar-refractivity contribution in [3.63, 3.8) is 0 Å². The summed E-state index contributed by atoms with van der Waals surface area (Å²) < 4.78 is 0. The van der Waals surface area contributed by atoms with E-state index < -0.39 is 0 Å². The highest BCUT2D eigenvalue weighted by Crippen LogP contribution is 2.29. The highest BCUT2D eigenvalue weighted by molar-refractivity contribution is 5.13. The minimum absolute atomic E-state index is 0.471. The van der Waals surface area contributed by atoms with Gasteiger partial charge in [0.25, 0.3) is 0 Å². The Hall–Kier alpha value is -1.70. The molecule has 0 N–H and O–H groups in total. The maximum absolute atomic E-state index is 4.48. The Kier molecular flexibility index (Phi) is 4.46. The molecule has 2 rings (SSSR count). The number of aromatic nitrogens is 2. The van der Waals surface area contributed by atoms with E-state index in [1.165, 1.54) is 11.4 Å². The topological polar surface area (TPSA) is 25.8 Å². The molecule has 0 aliphatic heterocycles. The molecule has 2 heteroatoms. The van der Waals surface area contributed by atoms with Crippen LogP contribution in [-0.2, 0) is 0 Å². The molecule has 0 spiro atoms. The van der Waals surface area contributed by atoms with Crippen molar-refractivity contribution in [3.05, 3.63) is 60.2 Å². The number of hydrogen-bond donors (Lipinski definition) is 0. The molecule has 2 nitrogen and oxygen atoms in total. The van der Waals surface area contributed by atoms with E-state index in [0.29, 0.717) is 11.8 Å². The van der Waals surface area contributed by atoms with Crippen molar-refractivity contribution < 1.29 is 0 Å². The van der Waals surface area contributed by atoms with E-state index in [-0.39, 0.29) is 0 Å². The third-order valence-corrected chi connectivity index (χ3v) is 3.43. The van der Waals surface area contributed by atoms with E-state index in [0.717, 1.165) is 12.8 Å². The van der Waals surface area contributed by atoms with Gasteiger partial charge in [-0.2, -0.15) is 0 Å². The summed E-state index contributed by atoms with van der Waals surface area (Å²) in [5, 5.41) is 0. The molecule has 2 aromatic rings. The Morgan fingerprint density at radius 3 is 2.06 bits per heavy atom. The first-order chi connectivity index (χ1) is 8.81. The van der Waals surface area contributed by atoms with Crippen LogP contribution in [0.5, 0.6) is 0 Å². The lowest BCUT2D eigenvalue weighted by atomic mass is 9.89. The van der Waals surface area contributed by atoms with Crippen LogP contribution in [0.3, 0.4) is 0 Å². The lowest BCUT2D eigenvalue weighted by Crippen LogP contribution is -2.06. The predicted molar refractivity (Wildman–Crippen MR) is 74.5 cm³/mol. The van der Waals surface area contributed by atoms with Crippen LogP contribution in [0.1, 0.15) is 49.9 Å². The van der Waals surface area contributed by atoms with E-state index >= 15 is 0 Å². The van der Waals surface area contributed by atoms with Crippen LogP contribution in [0.4, 0.5) is 0 Å². The van der Waals surface area contributed by atoms with Crippen molar-refractivity contribution in [1.82, 2.24) is 9.97 Å². The van der Waals surface area contributed by atoms with Crippen LogP contribution in [0.2, 0.25) is 0 Å². The summed E-state index contributed by atoms with van der Waals surface area (Å²) in [5.74, 6) is 0.987. The summed E-state index contributed by atoms with van der Waals surface area (Å²) >= 11 is 0. The van der Waals surface area contributed by atoms with Gasteiger partial charge in [0.2, 0.25) is 0 Å². The van der Waals surface area contributed by atoms with Gasteiger partial charge in [-0.05, 0) is 43.0 Å². The Morgan fingerprint density at radius 2 is 1.56 bits per heavy atom. The first-order valence-corrected chi connectivity index (χ1v) is 6.63. The fourth-order valence-corrected chi connectivity index (χ4v) is 2.33. The Labute approximate surface area is 109 Å². The molecule has 0 amide bonds. The third-order valence-electron chi connectivity index (χ3n) is 3.43. The van der Waals surface area contributed by atoms with Gasteiger partial charge in [0.05, 0.1) is 0 Å². The minimum Gasteiger partial charge on any atom is -0.261 e. The van der Waals surface area contributed by atoms with E-state index in [4.69, 9.17) is 0 Å². The number of hydrogen-bond acceptors (Lipinski definition) is 2. The van der Waals surface area contributed by atoms with Crippen molar-refractivity contribution in [2.45, 2.75) is 38.5 Å². The van der Waals surface area contributed by atoms with Crippen LogP contribution in [0.25, 0.3) is 0 Å². The molecule has 0 aromatic carbocycles. The Bertz CT molecular complexity index is 453. The van der Waals surface area contributed by atoms with Crippen LogP contribution in [0, 0.1) is 0 Å². The summed E-state index contributed by atoms with van der Waals surface area (Å²) in [4.78, 5) is 8.92. The van der Waals surface area contributed by atoms with Gasteiger partial charge in [-0.25, -0.2) is 0 Å². The third kappa shape index (κ3) is 3.16. The van der Waals surface area contributed by atoms with Crippen LogP contribution in [-0.4, -0.2) is 9.97 Å². The molecule has 0 aliphatic carbocycles. The maximum atomic E-state index is 4.48. The highest BCUT2D eigenvalue weighted by atomic mass is 14.7. The Morgan fingerprint density at radius 1 is 0.944 bits per heavy atom. The molecule has 0 radical (unpaired) electrons. The molecule has 2 atom stereocenters. The van der Waals surface area contributed by atoms with Gasteiger partial charge < -0.3 is 0 Å². The number of pyridine rings is 2. The maximum Gasteiger partial charge on any atom is 0.0434 e. The van der Waals surface area contributed by atoms with Gasteiger partial charge in [-0.15, -0.1) is 0 Å². The first kappa shape index (κ1) is 12.7. The Balaban J connectivity index is 2.07. The molecule has 0 saturated carbocycles. The summed E-state index contributed by atoms with van der Waals surface area (Å²) in [6, 6.07) is 12.3. The highest BCUT2D eigenvalue weighted by Gasteiger charge is 2.16. The van der Waals surface area contributed by atoms with Gasteiger partial charge >= 0.3 is 0 Å². The number of rotatable bonds is 5. The SMILES string of the molecule is CCC(CC(C)c1ccccn1)c1ccccn1. The van der Waals surface area contributed by atoms with Gasteiger partial charge in [-0.1, -0.05) is 26.0 Å². The molecule has 2 aromatic heterocycles. The fourth-order valence-electron chi connectivity index (χ4n) is 2.33. The van der Waals surface area contributed by atoms with Crippen LogP contribution < -0.4 is 0 Å². The van der Waals surface area contributed by atoms with Crippen LogP contribution >= 0.6 is 0 Å². The monoisotopic (exact) mass is 240 g/mol. The van der Waals surface area contributed by atoms with E-state index in [2.05, 4.69) is 48.1 Å². The molecular weight excluding hydrogens is 220 g/mol. The second kappa shape index (κ2) is 6.29. The zero-order chi connectivity index (χ0) is 12.8. The number of nitrogens with zero attached hydrogens (tertiary/aromatic N) is 2. The van der Waals surface area contributed by atoms with Gasteiger partial charge in [-0.3, -0.25) is 9.97 Å². The summed E-state index contributed by atoms with van der Waals surface area (Å²) in [5.41, 5.74) is 2.37. The average Bonchev–Trinajstić information content (AvgIpc) is 2.46. The second-order valence-corrected chi connectivity index (χ2v) is 4.75. The largest absolute Gasteiger partial charge is 0.261 e. The van der Waals surface area contributed by atoms with Gasteiger partial charge in [0.15, 0.2) is 0 Å². The second-order valence-electron chi connectivity index (χ2n) is 4.75. The zero-order valence-corrected chi connectivity index (χ0v) is 11.1. The summed E-state index contributed by atoms with van der Waals surface area (Å²) in [6.07, 6.45) is 5.97. The van der Waals surface area contributed by atoms with Crippen molar-refractivity contribution in [2.75, 3.05) is 0 Å². The fraction of sp³-hybridized carbons (Fsp3) is 0.375. The normalized spacial score (nSPS) is 14.1. The molecule has 2 heterocycles. The molecule has 0 fully saturated rings. The first-order valence-electron chi connectivity index (χ1n) is 6.63. The molecule has 18 heavy (non-hydrogen) atoms. The molecular formula is C16H20N2. The molecule has 94 valence electrons. The van der Waals surface area contributed by atoms with Gasteiger partial charge in [0.1, 0.15) is 0 Å². The van der Waals surface area contributed by atoms with E-state index in [1.54, 1.807) is 0 Å². The lowest BCUT2D eigenvalue weighted by molar-refractivity contribution is 0.526. The van der Waals surface area contributed by atoms with Crippen molar-refractivity contribution in [1.29, 1.82) is 0 Å². The molecule has 0 saturated heterocycles. The quantitative estimate of drug-likeness (QED) is 0.784. The van der Waals surface area contributed by atoms with E-state index in [1.807, 2.05) is 24.5 Å². The smallest absolute Gasteiger partial charge is 0.0434 e. The molecule has 0 bridgehead atoms. The van der Waals surface area contributed by atoms with Crippen LogP contribution in [0.15, 0.2) is 48.8 Å². The predicted octanol–water partition coefficient (Wildman–Crippen LogP) is 4.16. The van der Waals surface area contributed by atoms with Gasteiger partial charge in [0, 0.05) is 29.7 Å². The van der Waals surface area contributed by atoms with Crippen molar-refractivity contribution in [3.8, 4) is 0 Å². The zero-order valence-electron chi connectivity index (χ0n) is 11.1. The summed E-state index contributed by atoms with van der Waals surface area (Å²) in [7, 11) is 0. The van der Waals surface area contributed by atoms with Crippen molar-refractivity contribution in [2.24, 2.45) is 0 Å². The summed E-state index contributed by atoms with van der Waals surface area (Å²) in [6.45, 7) is 4.47. The van der Waals surface area contributed by atoms with Crippen molar-refractivity contribution >= 4 is 0 Å². The minimum atomic E-state index is 0.471. The van der Waals surface area contributed by atoms with E-state index in [9.17, 15) is 0 Å². The lowest BCUT2D eigenvalue weighted by Gasteiger charge is -2.18. The average molecular weight is 240 g/mol. The molecule has 2 unspecified atom stereocenters. The standard InChI is InChI=1S/C16H20N2/c1-3-14(16-9-5-7-11-18-16)12-13(2)15-8-4-6-10-17-15/h4-11,13-14H,3,12H2,1-2H3. The molecule has 0 aliphatic rings.